The molecule has 0 unspecified atom stereocenters. The van der Waals surface area contributed by atoms with Gasteiger partial charge < -0.3 is 14.9 Å². The van der Waals surface area contributed by atoms with Crippen LogP contribution in [-0.2, 0) is 18.5 Å². The summed E-state index contributed by atoms with van der Waals surface area (Å²) in [5.41, 5.74) is 4.87. The zero-order valence-electron chi connectivity index (χ0n) is 17.8. The summed E-state index contributed by atoms with van der Waals surface area (Å²) >= 11 is 0. The smallest absolute Gasteiger partial charge is 0.146 e. The highest BCUT2D eigenvalue weighted by molar-refractivity contribution is 5.86. The Bertz CT molecular complexity index is 727. The number of halogens is 3. The van der Waals surface area contributed by atoms with Gasteiger partial charge in [0.25, 0.3) is 0 Å². The van der Waals surface area contributed by atoms with E-state index in [0.29, 0.717) is 12.2 Å². The van der Waals surface area contributed by atoms with E-state index in [1.165, 1.54) is 5.56 Å². The van der Waals surface area contributed by atoms with Crippen LogP contribution in [0.5, 0.6) is 5.75 Å². The van der Waals surface area contributed by atoms with E-state index in [0.717, 1.165) is 23.4 Å². The second-order valence-corrected chi connectivity index (χ2v) is 8.27. The number of hydrogen-bond acceptors (Lipinski definition) is 4. The van der Waals surface area contributed by atoms with E-state index >= 15 is 0 Å². The van der Waals surface area contributed by atoms with Gasteiger partial charge in [-0.25, -0.2) is 4.98 Å². The zero-order valence-corrected chi connectivity index (χ0v) is 20.3. The van der Waals surface area contributed by atoms with Crippen LogP contribution < -0.4 is 0 Å². The Morgan fingerprint density at radius 3 is 1.79 bits per heavy atom. The molecule has 0 atom stereocenters. The van der Waals surface area contributed by atoms with Gasteiger partial charge in [0.2, 0.25) is 0 Å². The number of hydrogen-bond donors (Lipinski definition) is 1. The maximum atomic E-state index is 10.8. The summed E-state index contributed by atoms with van der Waals surface area (Å²) < 4.78 is 0. The van der Waals surface area contributed by atoms with E-state index in [1.807, 2.05) is 34.3 Å². The summed E-state index contributed by atoms with van der Waals surface area (Å²) in [5.74, 6) is 0.278. The third-order valence-electron chi connectivity index (χ3n) is 4.11. The second kappa shape index (κ2) is 11.8. The van der Waals surface area contributed by atoms with E-state index in [4.69, 9.17) is 4.98 Å². The number of nitrogens with zero attached hydrogens (tertiary/aromatic N) is 3. The van der Waals surface area contributed by atoms with E-state index in [1.54, 1.807) is 0 Å². The van der Waals surface area contributed by atoms with Gasteiger partial charge in [-0.15, -0.1) is 37.2 Å². The molecule has 7 heteroatoms. The number of aromatic hydroxyl groups is 1. The van der Waals surface area contributed by atoms with Crippen LogP contribution in [0, 0.1) is 0 Å². The summed E-state index contributed by atoms with van der Waals surface area (Å²) in [4.78, 5) is 8.88. The molecule has 4 nitrogen and oxygen atoms in total. The van der Waals surface area contributed by atoms with Crippen molar-refractivity contribution in [2.45, 2.75) is 39.3 Å². The normalized spacial score (nSPS) is 10.9. The quantitative estimate of drug-likeness (QED) is 0.684. The third-order valence-corrected chi connectivity index (χ3v) is 4.11. The average Bonchev–Trinajstić information content (AvgIpc) is 2.48. The second-order valence-electron chi connectivity index (χ2n) is 8.27. The van der Waals surface area contributed by atoms with Crippen molar-refractivity contribution in [3.8, 4) is 17.0 Å². The minimum atomic E-state index is 0. The SMILES string of the molecule is CN(C)Cc1cc(CN(C)C)c(O)c(-c2ccc(C(C)(C)C)cc2)n1.Cl.Cl.Cl. The van der Waals surface area contributed by atoms with E-state index in [-0.39, 0.29) is 48.4 Å². The number of rotatable bonds is 5. The van der Waals surface area contributed by atoms with Crippen LogP contribution in [0.25, 0.3) is 11.3 Å². The van der Waals surface area contributed by atoms with Crippen molar-refractivity contribution in [3.63, 3.8) is 0 Å². The summed E-state index contributed by atoms with van der Waals surface area (Å²) in [6.07, 6.45) is 0. The van der Waals surface area contributed by atoms with Crippen LogP contribution in [0.2, 0.25) is 0 Å². The third kappa shape index (κ3) is 7.76. The van der Waals surface area contributed by atoms with Gasteiger partial charge in [-0.05, 0) is 45.2 Å². The van der Waals surface area contributed by atoms with Crippen LogP contribution >= 0.6 is 37.2 Å². The maximum absolute atomic E-state index is 10.8. The molecule has 1 N–H and O–H groups in total. The molecule has 2 aromatic rings. The van der Waals surface area contributed by atoms with Gasteiger partial charge >= 0.3 is 0 Å². The van der Waals surface area contributed by atoms with Gasteiger partial charge in [0.15, 0.2) is 0 Å². The molecule has 0 saturated heterocycles. The number of aromatic nitrogens is 1. The summed E-state index contributed by atoms with van der Waals surface area (Å²) in [7, 11) is 8.06. The monoisotopic (exact) mass is 449 g/mol. The fourth-order valence-corrected chi connectivity index (χ4v) is 2.85. The first-order valence-corrected chi connectivity index (χ1v) is 8.70. The van der Waals surface area contributed by atoms with Crippen LogP contribution in [0.4, 0.5) is 0 Å². The molecule has 0 saturated carbocycles. The fourth-order valence-electron chi connectivity index (χ4n) is 2.85. The Labute approximate surface area is 188 Å². The van der Waals surface area contributed by atoms with Gasteiger partial charge in [0.1, 0.15) is 11.4 Å². The number of benzene rings is 1. The number of pyridine rings is 1. The Morgan fingerprint density at radius 1 is 0.857 bits per heavy atom. The first-order chi connectivity index (χ1) is 11.6. The Balaban J connectivity index is 0. The Kier molecular flexibility index (Phi) is 12.3. The van der Waals surface area contributed by atoms with Gasteiger partial charge in [0, 0.05) is 24.2 Å². The molecule has 2 rings (SSSR count). The molecular weight excluding hydrogens is 417 g/mol. The van der Waals surface area contributed by atoms with Gasteiger partial charge in [-0.3, -0.25) is 0 Å². The first kappa shape index (κ1) is 29.2. The van der Waals surface area contributed by atoms with E-state index in [9.17, 15) is 5.11 Å². The molecule has 1 heterocycles. The highest BCUT2D eigenvalue weighted by Gasteiger charge is 2.17. The molecular formula is C21H34Cl3N3O. The van der Waals surface area contributed by atoms with Gasteiger partial charge in [-0.2, -0.15) is 0 Å². The van der Waals surface area contributed by atoms with E-state index < -0.39 is 0 Å². The lowest BCUT2D eigenvalue weighted by Crippen LogP contribution is -2.15. The summed E-state index contributed by atoms with van der Waals surface area (Å²) in [6.45, 7) is 8.02. The van der Waals surface area contributed by atoms with Crippen LogP contribution in [0.15, 0.2) is 30.3 Å². The highest BCUT2D eigenvalue weighted by atomic mass is 35.5. The molecule has 0 spiro atoms. The lowest BCUT2D eigenvalue weighted by molar-refractivity contribution is 0.379. The van der Waals surface area contributed by atoms with Crippen molar-refractivity contribution < 1.29 is 5.11 Å². The lowest BCUT2D eigenvalue weighted by atomic mass is 9.86. The van der Waals surface area contributed by atoms with Gasteiger partial charge in [-0.1, -0.05) is 45.0 Å². The minimum Gasteiger partial charge on any atom is -0.505 e. The standard InChI is InChI=1S/C21H31N3O.3ClH/c1-21(2,3)17-10-8-15(9-11-17)19-20(25)16(13-23(4)5)12-18(22-19)14-24(6)7;;;/h8-12,25H,13-14H2,1-7H3;3*1H. The van der Waals surface area contributed by atoms with Crippen molar-refractivity contribution in [1.29, 1.82) is 0 Å². The van der Waals surface area contributed by atoms with E-state index in [2.05, 4.69) is 54.8 Å². The Morgan fingerprint density at radius 2 is 1.36 bits per heavy atom. The highest BCUT2D eigenvalue weighted by Crippen LogP contribution is 2.33. The van der Waals surface area contributed by atoms with Crippen molar-refractivity contribution in [1.82, 2.24) is 14.8 Å². The van der Waals surface area contributed by atoms with Crippen molar-refractivity contribution in [2.75, 3.05) is 28.2 Å². The molecule has 0 fully saturated rings. The van der Waals surface area contributed by atoms with Crippen molar-refractivity contribution in [3.05, 3.63) is 47.2 Å². The van der Waals surface area contributed by atoms with Crippen molar-refractivity contribution in [2.24, 2.45) is 0 Å². The van der Waals surface area contributed by atoms with Gasteiger partial charge in [0.05, 0.1) is 5.69 Å². The molecule has 28 heavy (non-hydrogen) atoms. The average molecular weight is 451 g/mol. The van der Waals surface area contributed by atoms with Crippen LogP contribution in [0.3, 0.4) is 0 Å². The van der Waals surface area contributed by atoms with Crippen molar-refractivity contribution >= 4 is 37.2 Å². The molecule has 0 aliphatic carbocycles. The molecule has 0 aliphatic rings. The molecule has 0 aliphatic heterocycles. The first-order valence-electron chi connectivity index (χ1n) is 8.70. The lowest BCUT2D eigenvalue weighted by Gasteiger charge is -2.20. The van der Waals surface area contributed by atoms with Crippen LogP contribution in [0.1, 0.15) is 37.6 Å². The molecule has 0 bridgehead atoms. The topological polar surface area (TPSA) is 39.6 Å². The molecule has 0 amide bonds. The molecule has 1 aromatic carbocycles. The molecule has 0 radical (unpaired) electrons. The predicted molar refractivity (Wildman–Crippen MR) is 127 cm³/mol. The summed E-state index contributed by atoms with van der Waals surface area (Å²) in [6, 6.07) is 10.4. The maximum Gasteiger partial charge on any atom is 0.146 e. The predicted octanol–water partition coefficient (Wildman–Crippen LogP) is 5.14. The fraction of sp³-hybridized carbons (Fsp3) is 0.476. The van der Waals surface area contributed by atoms with Crippen LogP contribution in [-0.4, -0.2) is 48.1 Å². The minimum absolute atomic E-state index is 0. The summed E-state index contributed by atoms with van der Waals surface area (Å²) in [5, 5.41) is 10.8. The largest absolute Gasteiger partial charge is 0.505 e. The molecule has 1 aromatic heterocycles. The Hall–Kier alpha value is -1.04. The zero-order chi connectivity index (χ0) is 18.8. The molecule has 160 valence electrons.